The molecule has 142 heavy (non-hydrogen) atoms. The summed E-state index contributed by atoms with van der Waals surface area (Å²) in [5.74, 6) is 0. The summed E-state index contributed by atoms with van der Waals surface area (Å²) >= 11 is 0. The lowest BCUT2D eigenvalue weighted by atomic mass is 9.73. The lowest BCUT2D eigenvalue weighted by Gasteiger charge is -2.29. The molecule has 0 aliphatic carbocycles. The first-order valence-corrected chi connectivity index (χ1v) is 49.5. The van der Waals surface area contributed by atoms with Crippen LogP contribution in [0.15, 0.2) is 522 Å². The van der Waals surface area contributed by atoms with Crippen LogP contribution in [-0.4, -0.2) is 0 Å². The average molecular weight is 1790 g/mol. The Balaban J connectivity index is 0.897. The quantitative estimate of drug-likeness (QED) is 0.0668. The third kappa shape index (κ3) is 12.9. The van der Waals surface area contributed by atoms with Crippen LogP contribution in [0.3, 0.4) is 0 Å². The molecule has 29 aromatic carbocycles. The zero-order valence-corrected chi connectivity index (χ0v) is 77.7. The minimum absolute atomic E-state index is 1.13. The topological polar surface area (TPSA) is 0 Å². The molecule has 0 saturated heterocycles. The lowest BCUT2D eigenvalue weighted by Crippen LogP contribution is -2.01. The summed E-state index contributed by atoms with van der Waals surface area (Å²) in [5.41, 5.74) is 37.1. The van der Waals surface area contributed by atoms with Crippen molar-refractivity contribution in [1.29, 1.82) is 0 Å². The minimum atomic E-state index is 1.13. The van der Waals surface area contributed by atoms with Crippen LogP contribution in [0, 0.1) is 0 Å². The van der Waals surface area contributed by atoms with Crippen LogP contribution >= 0.6 is 0 Å². The third-order valence-corrected chi connectivity index (χ3v) is 30.7. The Morgan fingerprint density at radius 1 is 0.0704 bits per heavy atom. The maximum absolute atomic E-state index is 2.72. The van der Waals surface area contributed by atoms with E-state index in [1.807, 2.05) is 0 Å². The number of rotatable bonds is 16. The summed E-state index contributed by atoms with van der Waals surface area (Å²) in [4.78, 5) is 0. The fourth-order valence-electron chi connectivity index (χ4n) is 24.4. The molecular weight excluding hydrogens is 1710 g/mol. The van der Waals surface area contributed by atoms with Crippen LogP contribution < -0.4 is 0 Å². The normalized spacial score (nSPS) is 11.9. The van der Waals surface area contributed by atoms with Crippen LogP contribution in [0.2, 0.25) is 0 Å². The average Bonchev–Trinajstić information content (AvgIpc) is 0.656. The second-order valence-electron chi connectivity index (χ2n) is 38.6. The molecule has 0 aromatic heterocycles. The largest absolute Gasteiger partial charge is 0.0622 e. The molecule has 0 spiro atoms. The molecule has 0 saturated carbocycles. The van der Waals surface area contributed by atoms with Crippen molar-refractivity contribution in [2.24, 2.45) is 0 Å². The highest BCUT2D eigenvalue weighted by Gasteiger charge is 2.34. The van der Waals surface area contributed by atoms with E-state index in [2.05, 4.69) is 522 Å². The first kappa shape index (κ1) is 80.8. The zero-order chi connectivity index (χ0) is 93.1. The first-order chi connectivity index (χ1) is 70.4. The van der Waals surface area contributed by atoms with Crippen molar-refractivity contribution in [3.63, 3.8) is 0 Å². The molecule has 0 radical (unpaired) electrons. The van der Waals surface area contributed by atoms with Crippen molar-refractivity contribution in [2.45, 2.75) is 0 Å². The van der Waals surface area contributed by atoms with Crippen molar-refractivity contribution in [1.82, 2.24) is 0 Å². The van der Waals surface area contributed by atoms with Gasteiger partial charge >= 0.3 is 0 Å². The zero-order valence-electron chi connectivity index (χ0n) is 77.7. The van der Waals surface area contributed by atoms with E-state index in [9.17, 15) is 0 Å². The monoisotopic (exact) mass is 1790 g/mol. The van der Waals surface area contributed by atoms with Gasteiger partial charge in [-0.3, -0.25) is 0 Å². The van der Waals surface area contributed by atoms with Gasteiger partial charge in [0.05, 0.1) is 0 Å². The number of benzene rings is 29. The van der Waals surface area contributed by atoms with Gasteiger partial charge in [-0.05, 0) is 404 Å². The fraction of sp³-hybridized carbons (Fsp3) is 0. The Kier molecular flexibility index (Phi) is 18.6. The van der Waals surface area contributed by atoms with E-state index < -0.39 is 0 Å². The molecular formula is C142H86. The van der Waals surface area contributed by atoms with Gasteiger partial charge in [0.1, 0.15) is 0 Å². The molecule has 29 rings (SSSR count). The van der Waals surface area contributed by atoms with Crippen LogP contribution in [0.1, 0.15) is 0 Å². The van der Waals surface area contributed by atoms with E-state index >= 15 is 0 Å². The molecule has 0 N–H and O–H groups in total. The summed E-state index contributed by atoms with van der Waals surface area (Å²) < 4.78 is 0. The van der Waals surface area contributed by atoms with Crippen molar-refractivity contribution < 1.29 is 0 Å². The summed E-state index contributed by atoms with van der Waals surface area (Å²) in [7, 11) is 0. The lowest BCUT2D eigenvalue weighted by molar-refractivity contribution is 1.60. The second-order valence-corrected chi connectivity index (χ2v) is 38.6. The van der Waals surface area contributed by atoms with Gasteiger partial charge in [-0.25, -0.2) is 0 Å². The van der Waals surface area contributed by atoms with E-state index in [0.717, 1.165) is 122 Å². The molecule has 0 amide bonds. The predicted octanol–water partition coefficient (Wildman–Crippen LogP) is 39.9. The van der Waals surface area contributed by atoms with E-state index in [1.54, 1.807) is 0 Å². The summed E-state index contributed by atoms with van der Waals surface area (Å²) in [5, 5.41) is 29.0. The molecule has 0 unspecified atom stereocenters. The highest BCUT2D eigenvalue weighted by Crippen LogP contribution is 2.62. The Morgan fingerprint density at radius 2 is 0.211 bits per heavy atom. The molecule has 0 aliphatic rings. The molecule has 0 nitrogen and oxygen atoms in total. The maximum Gasteiger partial charge on any atom is -0.000695 e. The van der Waals surface area contributed by atoms with E-state index in [0.29, 0.717) is 0 Å². The van der Waals surface area contributed by atoms with Gasteiger partial charge < -0.3 is 0 Å². The van der Waals surface area contributed by atoms with Crippen molar-refractivity contribution in [2.75, 3.05) is 0 Å². The molecule has 0 heteroatoms. The summed E-state index contributed by atoms with van der Waals surface area (Å²) in [6, 6.07) is 199. The Bertz CT molecular complexity index is 9510. The fourth-order valence-corrected chi connectivity index (χ4v) is 24.4. The van der Waals surface area contributed by atoms with Gasteiger partial charge in [0.2, 0.25) is 0 Å². The van der Waals surface area contributed by atoms with Crippen LogP contribution in [0.5, 0.6) is 0 Å². The smallest absolute Gasteiger partial charge is 0.000695 e. The maximum atomic E-state index is 2.72. The van der Waals surface area contributed by atoms with E-state index in [1.165, 1.54) is 185 Å². The minimum Gasteiger partial charge on any atom is -0.0622 e. The SMILES string of the molecule is c1ccc(-c2cccc(-c3cc4c5c(-c6cccc(-c7ccccc7)c6)cc6c7c(-c8cccc(-c9ccccc9)c8)cc8c9c(-c%10cccc(-c%11ccccc%11)c%10)cc%10cccc%11c(-c%12cccc(-c%13ccccc%13)c%12)cc(c%12c(-c%13cccc(-c%14ccccc%14)c%13)cc(c%13c(-c%14cccc(-c%15ccccc%15)c%14)cc(c%14c(-c%15cccc(-c%16ccccc%16)c%15)cc%15cccc3c%15c4%14)c5c6%13)c7c8%12)c9c%10%11)c2)cc1. The molecule has 0 atom stereocenters. The van der Waals surface area contributed by atoms with Gasteiger partial charge in [0, 0.05) is 0 Å². The first-order valence-electron chi connectivity index (χ1n) is 49.5. The second kappa shape index (κ2) is 32.6. The molecule has 0 bridgehead atoms. The van der Waals surface area contributed by atoms with Gasteiger partial charge in [-0.15, -0.1) is 0 Å². The Morgan fingerprint density at radius 3 is 0.401 bits per heavy atom. The van der Waals surface area contributed by atoms with Crippen molar-refractivity contribution in [3.05, 3.63) is 522 Å². The molecule has 654 valence electrons. The Hall–Kier alpha value is -18.5. The highest BCUT2D eigenvalue weighted by atomic mass is 14.4. The van der Waals surface area contributed by atoms with E-state index in [4.69, 9.17) is 0 Å². The molecule has 0 aliphatic heterocycles. The van der Waals surface area contributed by atoms with Gasteiger partial charge in [0.15, 0.2) is 0 Å². The third-order valence-electron chi connectivity index (χ3n) is 30.7. The van der Waals surface area contributed by atoms with Gasteiger partial charge in [-0.1, -0.05) is 425 Å². The number of hydrogen-bond donors (Lipinski definition) is 0. The van der Waals surface area contributed by atoms with Gasteiger partial charge in [0.25, 0.3) is 0 Å². The van der Waals surface area contributed by atoms with Crippen LogP contribution in [-0.2, 0) is 0 Å². The molecule has 0 heterocycles. The summed E-state index contributed by atoms with van der Waals surface area (Å²) in [6.45, 7) is 0. The summed E-state index contributed by atoms with van der Waals surface area (Å²) in [6.07, 6.45) is 0. The van der Waals surface area contributed by atoms with Gasteiger partial charge in [-0.2, -0.15) is 0 Å². The number of hydrogen-bond acceptors (Lipinski definition) is 0. The number of fused-ring (bicyclic) bond motifs is 6. The van der Waals surface area contributed by atoms with E-state index in [-0.39, 0.29) is 0 Å². The molecule has 29 aromatic rings. The molecule has 0 fully saturated rings. The van der Waals surface area contributed by atoms with Crippen molar-refractivity contribution in [3.8, 4) is 178 Å². The highest BCUT2D eigenvalue weighted by molar-refractivity contribution is 6.53. The van der Waals surface area contributed by atoms with Crippen LogP contribution in [0.4, 0.5) is 0 Å². The standard InChI is InChI=1S/C142H86/c1-9-35-87(36-10-1)95-51-25-59-103(71-95)115-81-123-133-119(107-63-29-55-99(75-107)91-43-17-5-18-44-91)85-127-136-122(110-66-32-58-102(78-110)94-49-23-8-24-50-94)84-126-132-118(106-62-28-54-98(74-106)90-41-15-4-16-42-90)80-112-68-34-70-114-116(104-60-26-52-96(72-104)88-37-11-2-12-38-88)82-124(138(132)130(112)114)134-120(108-64-30-56-100(76-108)92-45-19-6-20-46-92)86-128(142(136)140(126)134)135-121(109-65-31-57-101(77-109)93-47-21-7-22-48-93)83-125(139(133)141(127)135)131-117(79-111-67-33-69-113(115)129(111)137(123)131)105-61-27-53-97(73-105)89-39-13-3-14-40-89/h1-86H. The predicted molar refractivity (Wildman–Crippen MR) is 608 cm³/mol. The van der Waals surface area contributed by atoms with Crippen molar-refractivity contribution >= 4 is 129 Å². The Labute approximate surface area is 822 Å². The van der Waals surface area contributed by atoms with Crippen LogP contribution in [0.25, 0.3) is 307 Å².